The zero-order valence-electron chi connectivity index (χ0n) is 11.0. The lowest BCUT2D eigenvalue weighted by Gasteiger charge is -2.11. The van der Waals surface area contributed by atoms with Gasteiger partial charge in [-0.15, -0.1) is 0 Å². The van der Waals surface area contributed by atoms with E-state index in [0.29, 0.717) is 30.5 Å². The molecule has 6 nitrogen and oxygen atoms in total. The van der Waals surface area contributed by atoms with Gasteiger partial charge in [-0.3, -0.25) is 0 Å². The van der Waals surface area contributed by atoms with E-state index in [1.165, 1.54) is 6.33 Å². The van der Waals surface area contributed by atoms with Crippen molar-refractivity contribution >= 4 is 11.5 Å². The third kappa shape index (κ3) is 4.75. The number of nitrogens with one attached hydrogen (secondary N) is 1. The Morgan fingerprint density at radius 1 is 1.50 bits per heavy atom. The van der Waals surface area contributed by atoms with Crippen LogP contribution in [0.15, 0.2) is 6.33 Å². The zero-order chi connectivity index (χ0) is 13.4. The Hall–Kier alpha value is -1.56. The van der Waals surface area contributed by atoms with E-state index in [9.17, 15) is 0 Å². The summed E-state index contributed by atoms with van der Waals surface area (Å²) in [6, 6.07) is 0. The van der Waals surface area contributed by atoms with Crippen LogP contribution in [0, 0.1) is 0 Å². The van der Waals surface area contributed by atoms with Gasteiger partial charge >= 0.3 is 0 Å². The summed E-state index contributed by atoms with van der Waals surface area (Å²) in [7, 11) is 0. The Kier molecular flexibility index (Phi) is 6.21. The average Bonchev–Trinajstić information content (AvgIpc) is 2.34. The van der Waals surface area contributed by atoms with Gasteiger partial charge in [0.05, 0.1) is 12.7 Å². The molecule has 0 radical (unpaired) electrons. The summed E-state index contributed by atoms with van der Waals surface area (Å²) < 4.78 is 5.42. The highest BCUT2D eigenvalue weighted by atomic mass is 16.5. The lowest BCUT2D eigenvalue weighted by Crippen LogP contribution is -2.11. The molecular formula is C12H22N4O2. The number of aromatic nitrogens is 2. The first-order valence-corrected chi connectivity index (χ1v) is 6.30. The molecule has 6 heteroatoms. The summed E-state index contributed by atoms with van der Waals surface area (Å²) in [6.07, 6.45) is 3.65. The van der Waals surface area contributed by atoms with Gasteiger partial charge in [0.2, 0.25) is 5.88 Å². The molecule has 0 aliphatic carbocycles. The minimum Gasteiger partial charge on any atom is -0.476 e. The van der Waals surface area contributed by atoms with Crippen molar-refractivity contribution in [1.82, 2.24) is 9.97 Å². The van der Waals surface area contributed by atoms with Crippen LogP contribution >= 0.6 is 0 Å². The summed E-state index contributed by atoms with van der Waals surface area (Å²) in [4.78, 5) is 8.07. The predicted molar refractivity (Wildman–Crippen MR) is 71.6 cm³/mol. The van der Waals surface area contributed by atoms with Crippen LogP contribution in [0.4, 0.5) is 11.5 Å². The van der Waals surface area contributed by atoms with Gasteiger partial charge in [0.25, 0.3) is 0 Å². The quantitative estimate of drug-likeness (QED) is 0.607. The summed E-state index contributed by atoms with van der Waals surface area (Å²) in [5, 5.41) is 12.3. The monoisotopic (exact) mass is 254 g/mol. The third-order valence-electron chi connectivity index (χ3n) is 2.38. The Balaban J connectivity index is 2.49. The van der Waals surface area contributed by atoms with Gasteiger partial charge < -0.3 is 20.9 Å². The van der Waals surface area contributed by atoms with Gasteiger partial charge in [0.1, 0.15) is 12.0 Å². The third-order valence-corrected chi connectivity index (χ3v) is 2.38. The molecule has 1 unspecified atom stereocenters. The van der Waals surface area contributed by atoms with E-state index in [2.05, 4.69) is 15.3 Å². The predicted octanol–water partition coefficient (Wildman–Crippen LogP) is 1.42. The van der Waals surface area contributed by atoms with Crippen molar-refractivity contribution in [2.45, 2.75) is 39.2 Å². The topological polar surface area (TPSA) is 93.3 Å². The highest BCUT2D eigenvalue weighted by Gasteiger charge is 2.08. The lowest BCUT2D eigenvalue weighted by molar-refractivity contribution is 0.183. The normalized spacial score (nSPS) is 12.2. The van der Waals surface area contributed by atoms with E-state index in [1.807, 2.05) is 6.92 Å². The number of nitrogen functional groups attached to an aromatic ring is 1. The smallest absolute Gasteiger partial charge is 0.242 e. The first kappa shape index (κ1) is 14.5. The molecule has 0 aromatic carbocycles. The molecule has 0 amide bonds. The highest BCUT2D eigenvalue weighted by Crippen LogP contribution is 2.24. The first-order chi connectivity index (χ1) is 8.65. The van der Waals surface area contributed by atoms with Gasteiger partial charge in [-0.2, -0.15) is 4.98 Å². The number of aliphatic hydroxyl groups is 1. The van der Waals surface area contributed by atoms with Crippen molar-refractivity contribution in [3.05, 3.63) is 6.33 Å². The van der Waals surface area contributed by atoms with Crippen LogP contribution in [-0.2, 0) is 0 Å². The second-order valence-electron chi connectivity index (χ2n) is 4.21. The van der Waals surface area contributed by atoms with Gasteiger partial charge in [-0.25, -0.2) is 4.98 Å². The van der Waals surface area contributed by atoms with E-state index in [4.69, 9.17) is 15.6 Å². The molecule has 1 heterocycles. The average molecular weight is 254 g/mol. The summed E-state index contributed by atoms with van der Waals surface area (Å²) in [6.45, 7) is 5.09. The van der Waals surface area contributed by atoms with Crippen molar-refractivity contribution in [2.24, 2.45) is 0 Å². The molecular weight excluding hydrogens is 232 g/mol. The molecule has 0 saturated heterocycles. The van der Waals surface area contributed by atoms with Crippen LogP contribution in [0.3, 0.4) is 0 Å². The Labute approximate surface area is 108 Å². The SMILES string of the molecule is CCCOc1ncnc(NCCCC(C)O)c1N. The van der Waals surface area contributed by atoms with E-state index >= 15 is 0 Å². The number of rotatable bonds is 8. The molecule has 18 heavy (non-hydrogen) atoms. The van der Waals surface area contributed by atoms with Gasteiger partial charge in [0.15, 0.2) is 5.82 Å². The largest absolute Gasteiger partial charge is 0.476 e. The molecule has 102 valence electrons. The van der Waals surface area contributed by atoms with Gasteiger partial charge in [-0.1, -0.05) is 6.92 Å². The molecule has 1 rings (SSSR count). The molecule has 0 fully saturated rings. The summed E-state index contributed by atoms with van der Waals surface area (Å²) >= 11 is 0. The van der Waals surface area contributed by atoms with E-state index in [0.717, 1.165) is 19.3 Å². The lowest BCUT2D eigenvalue weighted by atomic mass is 10.2. The number of ether oxygens (including phenoxy) is 1. The van der Waals surface area contributed by atoms with Crippen molar-refractivity contribution < 1.29 is 9.84 Å². The van der Waals surface area contributed by atoms with Crippen LogP contribution in [0.5, 0.6) is 5.88 Å². The first-order valence-electron chi connectivity index (χ1n) is 6.30. The minimum absolute atomic E-state index is 0.280. The number of nitrogens with zero attached hydrogens (tertiary/aromatic N) is 2. The van der Waals surface area contributed by atoms with Crippen LogP contribution in [0.25, 0.3) is 0 Å². The second kappa shape index (κ2) is 7.71. The van der Waals surface area contributed by atoms with Crippen molar-refractivity contribution in [1.29, 1.82) is 0 Å². The van der Waals surface area contributed by atoms with Crippen LogP contribution < -0.4 is 15.8 Å². The molecule has 0 bridgehead atoms. The molecule has 4 N–H and O–H groups in total. The van der Waals surface area contributed by atoms with Crippen LogP contribution in [0.2, 0.25) is 0 Å². The molecule has 0 aliphatic rings. The minimum atomic E-state index is -0.280. The molecule has 0 saturated carbocycles. The number of aliphatic hydroxyl groups excluding tert-OH is 1. The van der Waals surface area contributed by atoms with Crippen LogP contribution in [-0.4, -0.2) is 34.3 Å². The van der Waals surface area contributed by atoms with E-state index in [1.54, 1.807) is 6.92 Å². The zero-order valence-corrected chi connectivity index (χ0v) is 11.0. The second-order valence-corrected chi connectivity index (χ2v) is 4.21. The maximum atomic E-state index is 9.15. The van der Waals surface area contributed by atoms with Crippen molar-refractivity contribution in [3.8, 4) is 5.88 Å². The fourth-order valence-electron chi connectivity index (χ4n) is 1.44. The molecule has 0 spiro atoms. The number of nitrogens with two attached hydrogens (primary N) is 1. The molecule has 1 atom stereocenters. The van der Waals surface area contributed by atoms with E-state index < -0.39 is 0 Å². The highest BCUT2D eigenvalue weighted by molar-refractivity contribution is 5.66. The maximum Gasteiger partial charge on any atom is 0.242 e. The van der Waals surface area contributed by atoms with Gasteiger partial charge in [-0.05, 0) is 26.2 Å². The van der Waals surface area contributed by atoms with Gasteiger partial charge in [0, 0.05) is 6.54 Å². The number of anilines is 2. The summed E-state index contributed by atoms with van der Waals surface area (Å²) in [5.41, 5.74) is 6.34. The number of hydrogen-bond acceptors (Lipinski definition) is 6. The summed E-state index contributed by atoms with van der Waals surface area (Å²) in [5.74, 6) is 1.01. The fourth-order valence-corrected chi connectivity index (χ4v) is 1.44. The van der Waals surface area contributed by atoms with Crippen molar-refractivity contribution in [3.63, 3.8) is 0 Å². The number of hydrogen-bond donors (Lipinski definition) is 3. The molecule has 1 aromatic rings. The van der Waals surface area contributed by atoms with E-state index in [-0.39, 0.29) is 6.10 Å². The van der Waals surface area contributed by atoms with Crippen molar-refractivity contribution in [2.75, 3.05) is 24.2 Å². The standard InChI is InChI=1S/C12H22N4O2/c1-3-7-18-12-10(13)11(15-8-16-12)14-6-4-5-9(2)17/h8-9,17H,3-7,13H2,1-2H3,(H,14,15,16). The maximum absolute atomic E-state index is 9.15. The Morgan fingerprint density at radius 3 is 2.94 bits per heavy atom. The Bertz CT molecular complexity index is 358. The molecule has 1 aromatic heterocycles. The fraction of sp³-hybridized carbons (Fsp3) is 0.667. The van der Waals surface area contributed by atoms with Crippen LogP contribution in [0.1, 0.15) is 33.1 Å². The Morgan fingerprint density at radius 2 is 2.28 bits per heavy atom. The molecule has 0 aliphatic heterocycles.